The van der Waals surface area contributed by atoms with E-state index in [4.69, 9.17) is 11.6 Å². The molecule has 4 nitrogen and oxygen atoms in total. The molecule has 0 radical (unpaired) electrons. The molecule has 2 rings (SSSR count). The maximum atomic E-state index is 12.2. The van der Waals surface area contributed by atoms with E-state index in [1.165, 1.54) is 12.1 Å². The number of likely N-dealkylation sites (tertiary alicyclic amines) is 1. The summed E-state index contributed by atoms with van der Waals surface area (Å²) in [6.45, 7) is 1.31. The second-order valence-electron chi connectivity index (χ2n) is 4.76. The van der Waals surface area contributed by atoms with Gasteiger partial charge in [0.05, 0.1) is 4.90 Å². The fourth-order valence-electron chi connectivity index (χ4n) is 2.08. The van der Waals surface area contributed by atoms with E-state index in [1.807, 2.05) is 0 Å². The lowest BCUT2D eigenvalue weighted by Gasteiger charge is -2.29. The van der Waals surface area contributed by atoms with E-state index < -0.39 is 9.84 Å². The first-order chi connectivity index (χ1) is 8.88. The quantitative estimate of drug-likeness (QED) is 0.784. The van der Waals surface area contributed by atoms with Gasteiger partial charge < -0.3 is 4.90 Å². The summed E-state index contributed by atoms with van der Waals surface area (Å²) in [4.78, 5) is 14.2. The number of hydrogen-bond donors (Lipinski definition) is 0. The van der Waals surface area contributed by atoms with Gasteiger partial charge >= 0.3 is 0 Å². The topological polar surface area (TPSA) is 54.5 Å². The van der Waals surface area contributed by atoms with Crippen molar-refractivity contribution in [3.8, 4) is 0 Å². The molecule has 1 aromatic rings. The van der Waals surface area contributed by atoms with Crippen molar-refractivity contribution in [2.75, 3.05) is 19.3 Å². The molecular formula is C13H16ClNO3S. The maximum absolute atomic E-state index is 12.2. The first-order valence-electron chi connectivity index (χ1n) is 6.11. The predicted octanol–water partition coefficient (Wildman–Crippen LogP) is 1.93. The Hall–Kier alpha value is -1.07. The van der Waals surface area contributed by atoms with Crippen molar-refractivity contribution in [2.45, 2.75) is 23.1 Å². The normalized spacial score (nSPS) is 17.5. The summed E-state index contributed by atoms with van der Waals surface area (Å²) in [5, 5.41) is 0.150. The van der Waals surface area contributed by atoms with Gasteiger partial charge in [0.25, 0.3) is 5.91 Å². The van der Waals surface area contributed by atoms with Crippen LogP contribution >= 0.6 is 11.6 Å². The van der Waals surface area contributed by atoms with Gasteiger partial charge in [-0.05, 0) is 37.1 Å². The molecule has 1 amide bonds. The summed E-state index contributed by atoms with van der Waals surface area (Å²) < 4.78 is 22.7. The Morgan fingerprint density at radius 3 is 2.21 bits per heavy atom. The number of rotatable bonds is 2. The van der Waals surface area contributed by atoms with Gasteiger partial charge in [-0.3, -0.25) is 4.79 Å². The molecule has 1 fully saturated rings. The predicted molar refractivity (Wildman–Crippen MR) is 74.3 cm³/mol. The number of halogens is 1. The van der Waals surface area contributed by atoms with E-state index in [0.717, 1.165) is 19.1 Å². The van der Waals surface area contributed by atoms with Gasteiger partial charge in [0.2, 0.25) is 0 Å². The number of piperidine rings is 1. The zero-order valence-corrected chi connectivity index (χ0v) is 12.2. The molecule has 0 N–H and O–H groups in total. The summed E-state index contributed by atoms with van der Waals surface area (Å²) in [6.07, 6.45) is 2.75. The highest BCUT2D eigenvalue weighted by molar-refractivity contribution is 7.90. The molecule has 1 aliphatic heterocycles. The lowest BCUT2D eigenvalue weighted by Crippen LogP contribution is -2.38. The van der Waals surface area contributed by atoms with E-state index in [9.17, 15) is 13.2 Å². The van der Waals surface area contributed by atoms with Crippen molar-refractivity contribution >= 4 is 27.3 Å². The van der Waals surface area contributed by atoms with Crippen molar-refractivity contribution in [2.24, 2.45) is 0 Å². The summed E-state index contributed by atoms with van der Waals surface area (Å²) in [7, 11) is -3.22. The summed E-state index contributed by atoms with van der Waals surface area (Å²) in [6, 6.07) is 6.06. The van der Waals surface area contributed by atoms with Crippen LogP contribution < -0.4 is 0 Å². The van der Waals surface area contributed by atoms with Crippen molar-refractivity contribution < 1.29 is 13.2 Å². The van der Waals surface area contributed by atoms with Gasteiger partial charge in [-0.2, -0.15) is 0 Å². The van der Waals surface area contributed by atoms with Crippen LogP contribution in [0.25, 0.3) is 0 Å². The maximum Gasteiger partial charge on any atom is 0.253 e. The SMILES string of the molecule is CS(=O)(=O)c1ccc(C(=O)N2CCC(Cl)CC2)cc1. The zero-order valence-electron chi connectivity index (χ0n) is 10.7. The van der Waals surface area contributed by atoms with E-state index >= 15 is 0 Å². The lowest BCUT2D eigenvalue weighted by molar-refractivity contribution is 0.0726. The molecule has 0 saturated carbocycles. The van der Waals surface area contributed by atoms with Crippen molar-refractivity contribution in [3.05, 3.63) is 29.8 Å². The standard InChI is InChI=1S/C13H16ClNO3S/c1-19(17,18)12-4-2-10(3-5-12)13(16)15-8-6-11(14)7-9-15/h2-5,11H,6-9H2,1H3. The molecule has 104 valence electrons. The van der Waals surface area contributed by atoms with Gasteiger partial charge in [0.1, 0.15) is 0 Å². The van der Waals surface area contributed by atoms with Crippen LogP contribution in [0.5, 0.6) is 0 Å². The Bertz CT molecular complexity index is 560. The second kappa shape index (κ2) is 5.51. The van der Waals surface area contributed by atoms with Crippen LogP contribution in [-0.4, -0.2) is 43.9 Å². The number of carbonyl (C=O) groups is 1. The van der Waals surface area contributed by atoms with Gasteiger partial charge in [-0.25, -0.2) is 8.42 Å². The van der Waals surface area contributed by atoms with Crippen LogP contribution in [0.3, 0.4) is 0 Å². The molecule has 0 aromatic heterocycles. The lowest BCUT2D eigenvalue weighted by atomic mass is 10.1. The fraction of sp³-hybridized carbons (Fsp3) is 0.462. The number of benzene rings is 1. The number of alkyl halides is 1. The van der Waals surface area contributed by atoms with Gasteiger partial charge in [0, 0.05) is 30.3 Å². The van der Waals surface area contributed by atoms with Crippen LogP contribution in [0.1, 0.15) is 23.2 Å². The van der Waals surface area contributed by atoms with Crippen LogP contribution in [0.2, 0.25) is 0 Å². The number of sulfone groups is 1. The molecule has 1 saturated heterocycles. The van der Waals surface area contributed by atoms with Crippen molar-refractivity contribution in [1.29, 1.82) is 0 Å². The molecule has 0 bridgehead atoms. The largest absolute Gasteiger partial charge is 0.339 e. The Labute approximate surface area is 118 Å². The fourth-order valence-corrected chi connectivity index (χ4v) is 2.90. The van der Waals surface area contributed by atoms with Gasteiger partial charge in [0.15, 0.2) is 9.84 Å². The first-order valence-corrected chi connectivity index (χ1v) is 8.44. The third-order valence-electron chi connectivity index (χ3n) is 3.24. The third kappa shape index (κ3) is 3.48. The summed E-state index contributed by atoms with van der Waals surface area (Å²) in [5.74, 6) is -0.0661. The van der Waals surface area contributed by atoms with Crippen molar-refractivity contribution in [1.82, 2.24) is 4.90 Å². The van der Waals surface area contributed by atoms with Crippen LogP contribution in [0, 0.1) is 0 Å². The highest BCUT2D eigenvalue weighted by Gasteiger charge is 2.22. The Balaban J connectivity index is 2.12. The van der Waals surface area contributed by atoms with Crippen LogP contribution in [0.15, 0.2) is 29.2 Å². The summed E-state index contributed by atoms with van der Waals surface area (Å²) in [5.41, 5.74) is 0.514. The average molecular weight is 302 g/mol. The van der Waals surface area contributed by atoms with Crippen LogP contribution in [0.4, 0.5) is 0 Å². The first kappa shape index (κ1) is 14.3. The van der Waals surface area contributed by atoms with E-state index in [-0.39, 0.29) is 16.2 Å². The van der Waals surface area contributed by atoms with Crippen molar-refractivity contribution in [3.63, 3.8) is 0 Å². The molecule has 19 heavy (non-hydrogen) atoms. The number of amides is 1. The number of hydrogen-bond acceptors (Lipinski definition) is 3. The number of carbonyl (C=O) groups excluding carboxylic acids is 1. The molecule has 6 heteroatoms. The molecule has 1 aromatic carbocycles. The minimum atomic E-state index is -3.22. The molecule has 0 aliphatic carbocycles. The third-order valence-corrected chi connectivity index (χ3v) is 4.81. The van der Waals surface area contributed by atoms with Gasteiger partial charge in [-0.15, -0.1) is 11.6 Å². The van der Waals surface area contributed by atoms with E-state index in [1.54, 1.807) is 17.0 Å². The van der Waals surface area contributed by atoms with E-state index in [0.29, 0.717) is 18.7 Å². The van der Waals surface area contributed by atoms with E-state index in [2.05, 4.69) is 0 Å². The number of nitrogens with zero attached hydrogens (tertiary/aromatic N) is 1. The molecule has 0 atom stereocenters. The summed E-state index contributed by atoms with van der Waals surface area (Å²) >= 11 is 6.00. The Morgan fingerprint density at radius 1 is 1.21 bits per heavy atom. The molecule has 1 aliphatic rings. The van der Waals surface area contributed by atoms with Crippen LogP contribution in [-0.2, 0) is 9.84 Å². The Morgan fingerprint density at radius 2 is 1.74 bits per heavy atom. The molecule has 1 heterocycles. The highest BCUT2D eigenvalue weighted by atomic mass is 35.5. The zero-order chi connectivity index (χ0) is 14.0. The molecule has 0 spiro atoms. The smallest absolute Gasteiger partial charge is 0.253 e. The molecule has 0 unspecified atom stereocenters. The van der Waals surface area contributed by atoms with Gasteiger partial charge in [-0.1, -0.05) is 0 Å². The Kier molecular flexibility index (Phi) is 4.16. The highest BCUT2D eigenvalue weighted by Crippen LogP contribution is 2.18. The minimum Gasteiger partial charge on any atom is -0.339 e. The molecular weight excluding hydrogens is 286 g/mol. The monoisotopic (exact) mass is 301 g/mol. The minimum absolute atomic E-state index is 0.0661. The second-order valence-corrected chi connectivity index (χ2v) is 7.40. The average Bonchev–Trinajstić information content (AvgIpc) is 2.38.